The molecular weight excluding hydrogens is 197 g/mol. The van der Waals surface area contributed by atoms with E-state index in [1.807, 2.05) is 0 Å². The van der Waals surface area contributed by atoms with Crippen LogP contribution in [0.4, 0.5) is 4.39 Å². The van der Waals surface area contributed by atoms with Crippen LogP contribution in [0.3, 0.4) is 0 Å². The van der Waals surface area contributed by atoms with Gasteiger partial charge in [-0.3, -0.25) is 0 Å². The standard InChI is InChI=1S/C11H10FNO2/c1-13-7-8(14)6-10(12)9-4-2-3-5-11(9)15-13/h2-7,14H,1H3. The minimum Gasteiger partial charge on any atom is -0.506 e. The highest BCUT2D eigenvalue weighted by molar-refractivity contribution is 5.76. The predicted molar refractivity (Wildman–Crippen MR) is 54.4 cm³/mol. The molecule has 1 heterocycles. The highest BCUT2D eigenvalue weighted by Gasteiger charge is 2.00. The molecule has 0 bridgehead atoms. The van der Waals surface area contributed by atoms with Gasteiger partial charge in [0, 0.05) is 13.1 Å². The Labute approximate surface area is 85.6 Å². The molecule has 0 spiro atoms. The number of para-hydroxylation sites is 1. The van der Waals surface area contributed by atoms with Crippen LogP contribution in [-0.2, 0) is 7.05 Å². The zero-order valence-electron chi connectivity index (χ0n) is 8.14. The summed E-state index contributed by atoms with van der Waals surface area (Å²) < 4.78 is 20.2. The second-order valence-corrected chi connectivity index (χ2v) is 3.18. The summed E-state index contributed by atoms with van der Waals surface area (Å²) in [7, 11) is 1.62. The summed E-state index contributed by atoms with van der Waals surface area (Å²) in [4.78, 5) is 0. The summed E-state index contributed by atoms with van der Waals surface area (Å²) in [5.74, 6) is -0.711. The average molecular weight is 207 g/mol. The van der Waals surface area contributed by atoms with Crippen molar-refractivity contribution in [3.8, 4) is 5.75 Å². The Morgan fingerprint density at radius 3 is 2.87 bits per heavy atom. The fourth-order valence-electron chi connectivity index (χ4n) is 1.36. The van der Waals surface area contributed by atoms with Crippen LogP contribution >= 0.6 is 0 Å². The van der Waals surface area contributed by atoms with Crippen molar-refractivity contribution in [3.63, 3.8) is 0 Å². The number of benzene rings is 1. The van der Waals surface area contributed by atoms with E-state index in [1.54, 1.807) is 31.3 Å². The van der Waals surface area contributed by atoms with Crippen LogP contribution in [0.1, 0.15) is 0 Å². The molecule has 0 radical (unpaired) electrons. The van der Waals surface area contributed by atoms with E-state index in [-0.39, 0.29) is 5.75 Å². The Kier molecular flexibility index (Phi) is 2.33. The molecule has 1 N–H and O–H groups in total. The molecule has 0 aliphatic rings. The smallest absolute Gasteiger partial charge is 0.165 e. The van der Waals surface area contributed by atoms with Gasteiger partial charge in [0.2, 0.25) is 0 Å². The van der Waals surface area contributed by atoms with Crippen LogP contribution in [0.2, 0.25) is 0 Å². The van der Waals surface area contributed by atoms with Crippen molar-refractivity contribution in [3.05, 3.63) is 42.3 Å². The Morgan fingerprint density at radius 1 is 1.33 bits per heavy atom. The zero-order valence-corrected chi connectivity index (χ0v) is 8.14. The highest BCUT2D eigenvalue weighted by atomic mass is 19.1. The third-order valence-electron chi connectivity index (χ3n) is 1.98. The van der Waals surface area contributed by atoms with Crippen molar-refractivity contribution < 1.29 is 14.0 Å². The predicted octanol–water partition coefficient (Wildman–Crippen LogP) is 2.74. The molecule has 4 heteroatoms. The Bertz CT molecular complexity index is 541. The molecular formula is C11H10FNO2. The molecule has 0 fully saturated rings. The minimum absolute atomic E-state index is 0.190. The van der Waals surface area contributed by atoms with Crippen LogP contribution in [-0.4, -0.2) is 9.85 Å². The third kappa shape index (κ3) is 1.93. The minimum atomic E-state index is -0.521. The van der Waals surface area contributed by atoms with Gasteiger partial charge < -0.3 is 9.63 Å². The largest absolute Gasteiger partial charge is 0.506 e. The summed E-state index contributed by atoms with van der Waals surface area (Å²) in [5, 5.41) is 9.63. The number of hydrogen-bond donors (Lipinski definition) is 1. The van der Waals surface area contributed by atoms with Crippen LogP contribution in [0.15, 0.2) is 41.1 Å². The first kappa shape index (κ1) is 9.58. The number of fused-ring (bicyclic) bond motifs is 1. The maximum Gasteiger partial charge on any atom is 0.165 e. The lowest BCUT2D eigenvalue weighted by atomic mass is 10.2. The van der Waals surface area contributed by atoms with Gasteiger partial charge in [-0.05, 0) is 12.1 Å². The molecule has 1 aromatic heterocycles. The maximum atomic E-state index is 13.6. The quantitative estimate of drug-likeness (QED) is 0.721. The molecule has 0 saturated heterocycles. The lowest BCUT2D eigenvalue weighted by Gasteiger charge is -2.00. The van der Waals surface area contributed by atoms with E-state index in [0.29, 0.717) is 11.0 Å². The molecule has 3 nitrogen and oxygen atoms in total. The average Bonchev–Trinajstić information content (AvgIpc) is 2.16. The van der Waals surface area contributed by atoms with Crippen molar-refractivity contribution >= 4 is 11.0 Å². The normalized spacial score (nSPS) is 10.3. The summed E-state index contributed by atoms with van der Waals surface area (Å²) in [6.07, 6.45) is 1.29. The van der Waals surface area contributed by atoms with Gasteiger partial charge in [-0.2, -0.15) is 0 Å². The maximum absolute atomic E-state index is 13.6. The van der Waals surface area contributed by atoms with E-state index < -0.39 is 5.82 Å². The second-order valence-electron chi connectivity index (χ2n) is 3.18. The first-order valence-corrected chi connectivity index (χ1v) is 4.45. The van der Waals surface area contributed by atoms with Gasteiger partial charge in [-0.25, -0.2) is 9.13 Å². The molecule has 0 unspecified atom stereocenters. The summed E-state index contributed by atoms with van der Waals surface area (Å²) in [6.45, 7) is 0. The Morgan fingerprint density at radius 2 is 2.07 bits per heavy atom. The van der Waals surface area contributed by atoms with E-state index in [4.69, 9.17) is 4.52 Å². The first-order valence-electron chi connectivity index (χ1n) is 4.45. The zero-order chi connectivity index (χ0) is 10.8. The van der Waals surface area contributed by atoms with Crippen LogP contribution < -0.4 is 0 Å². The van der Waals surface area contributed by atoms with Crippen LogP contribution in [0.25, 0.3) is 11.0 Å². The molecule has 15 heavy (non-hydrogen) atoms. The SMILES string of the molecule is Cn1cc(O)cc(F)c2ccccc2o1. The monoisotopic (exact) mass is 207 g/mol. The fourth-order valence-corrected chi connectivity index (χ4v) is 1.36. The van der Waals surface area contributed by atoms with Crippen LogP contribution in [0, 0.1) is 5.82 Å². The second kappa shape index (κ2) is 3.65. The van der Waals surface area contributed by atoms with E-state index in [0.717, 1.165) is 6.07 Å². The van der Waals surface area contributed by atoms with Gasteiger partial charge in [0.25, 0.3) is 0 Å². The van der Waals surface area contributed by atoms with E-state index in [2.05, 4.69) is 0 Å². The molecule has 0 atom stereocenters. The molecule has 0 saturated carbocycles. The molecule has 1 aromatic carbocycles. The van der Waals surface area contributed by atoms with Crippen molar-refractivity contribution in [2.24, 2.45) is 7.05 Å². The van der Waals surface area contributed by atoms with Gasteiger partial charge in [0.1, 0.15) is 11.6 Å². The van der Waals surface area contributed by atoms with Crippen molar-refractivity contribution in [2.75, 3.05) is 0 Å². The molecule has 0 aliphatic heterocycles. The number of aromatic nitrogens is 1. The number of aryl methyl sites for hydroxylation is 1. The molecule has 0 amide bonds. The topological polar surface area (TPSA) is 38.3 Å². The molecule has 0 aliphatic carbocycles. The van der Waals surface area contributed by atoms with E-state index in [9.17, 15) is 9.50 Å². The van der Waals surface area contributed by atoms with Gasteiger partial charge in [0.05, 0.1) is 11.6 Å². The lowest BCUT2D eigenvalue weighted by Crippen LogP contribution is -1.87. The lowest BCUT2D eigenvalue weighted by molar-refractivity contribution is 0.314. The van der Waals surface area contributed by atoms with E-state index >= 15 is 0 Å². The van der Waals surface area contributed by atoms with Gasteiger partial charge in [-0.15, -0.1) is 0 Å². The number of rotatable bonds is 0. The summed E-state index contributed by atoms with van der Waals surface area (Å²) in [5.41, 5.74) is 0.414. The fraction of sp³-hybridized carbons (Fsp3) is 0.0909. The Balaban J connectivity index is 2.94. The number of hydrogen-bond acceptors (Lipinski definition) is 2. The van der Waals surface area contributed by atoms with Gasteiger partial charge in [0.15, 0.2) is 5.58 Å². The van der Waals surface area contributed by atoms with Crippen molar-refractivity contribution in [2.45, 2.75) is 0 Å². The Hall–Kier alpha value is -1.97. The highest BCUT2D eigenvalue weighted by Crippen LogP contribution is 2.17. The van der Waals surface area contributed by atoms with E-state index in [1.165, 1.54) is 10.9 Å². The number of halogens is 1. The van der Waals surface area contributed by atoms with Crippen LogP contribution in [0.5, 0.6) is 5.75 Å². The number of aromatic hydroxyl groups is 1. The molecule has 78 valence electrons. The van der Waals surface area contributed by atoms with Gasteiger partial charge in [-0.1, -0.05) is 12.1 Å². The third-order valence-corrected chi connectivity index (χ3v) is 1.98. The number of nitrogens with zero attached hydrogens (tertiary/aromatic N) is 1. The van der Waals surface area contributed by atoms with Gasteiger partial charge >= 0.3 is 0 Å². The summed E-state index contributed by atoms with van der Waals surface area (Å²) >= 11 is 0. The molecule has 2 rings (SSSR count). The van der Waals surface area contributed by atoms with Crippen molar-refractivity contribution in [1.29, 1.82) is 0 Å². The summed E-state index contributed by atoms with van der Waals surface area (Å²) in [6, 6.07) is 7.77. The molecule has 2 aromatic rings. The first-order chi connectivity index (χ1) is 7.16. The van der Waals surface area contributed by atoms with Crippen molar-refractivity contribution in [1.82, 2.24) is 4.74 Å².